The first-order valence-electron chi connectivity index (χ1n) is 11.4. The fourth-order valence-corrected chi connectivity index (χ4v) is 3.34. The molecule has 0 spiro atoms. The molecule has 0 aliphatic carbocycles. The van der Waals surface area contributed by atoms with Gasteiger partial charge in [0.1, 0.15) is 0 Å². The molecule has 0 saturated carbocycles. The number of para-hydroxylation sites is 1. The standard InChI is InChI=1S/C25H36O5/c1-3-5-7-9-10-11-12-14-19-29-24-22(26)20-16-15-17-21(23(20)30-25(24)27)28-18-13-8-6-4-2/h6,8,15-17,26H,3-5,7,9-14,18-19H2,1-2H3. The van der Waals surface area contributed by atoms with Crippen molar-refractivity contribution in [1.82, 2.24) is 0 Å². The van der Waals surface area contributed by atoms with Crippen molar-refractivity contribution >= 4 is 11.0 Å². The number of unbranched alkanes of at least 4 members (excludes halogenated alkanes) is 7. The van der Waals surface area contributed by atoms with Crippen LogP contribution in [0.4, 0.5) is 0 Å². The molecule has 0 radical (unpaired) electrons. The van der Waals surface area contributed by atoms with Gasteiger partial charge in [0.25, 0.3) is 0 Å². The Bertz CT molecular complexity index is 837. The quantitative estimate of drug-likeness (QED) is 0.197. The number of hydrogen-bond donors (Lipinski definition) is 1. The Morgan fingerprint density at radius 2 is 1.67 bits per heavy atom. The highest BCUT2D eigenvalue weighted by Crippen LogP contribution is 2.35. The first-order chi connectivity index (χ1) is 14.7. The van der Waals surface area contributed by atoms with Crippen molar-refractivity contribution < 1.29 is 19.0 Å². The number of fused-ring (bicyclic) bond motifs is 1. The smallest absolute Gasteiger partial charge is 0.383 e. The van der Waals surface area contributed by atoms with E-state index in [2.05, 4.69) is 26.0 Å². The highest BCUT2D eigenvalue weighted by molar-refractivity contribution is 5.89. The summed E-state index contributed by atoms with van der Waals surface area (Å²) in [6, 6.07) is 5.19. The van der Waals surface area contributed by atoms with E-state index in [9.17, 15) is 9.90 Å². The van der Waals surface area contributed by atoms with Crippen LogP contribution in [0.5, 0.6) is 17.2 Å². The lowest BCUT2D eigenvalue weighted by atomic mass is 10.1. The molecule has 5 nitrogen and oxygen atoms in total. The molecule has 1 heterocycles. The van der Waals surface area contributed by atoms with Crippen LogP contribution in [0.2, 0.25) is 0 Å². The van der Waals surface area contributed by atoms with Crippen molar-refractivity contribution in [1.29, 1.82) is 0 Å². The normalized spacial score (nSPS) is 11.4. The van der Waals surface area contributed by atoms with Gasteiger partial charge >= 0.3 is 5.63 Å². The van der Waals surface area contributed by atoms with Gasteiger partial charge in [0.05, 0.1) is 18.6 Å². The van der Waals surface area contributed by atoms with E-state index in [0.717, 1.165) is 25.7 Å². The van der Waals surface area contributed by atoms with Crippen molar-refractivity contribution in [2.45, 2.75) is 78.1 Å². The molecular weight excluding hydrogens is 380 g/mol. The largest absolute Gasteiger partial charge is 0.504 e. The molecule has 2 aromatic rings. The summed E-state index contributed by atoms with van der Waals surface area (Å²) in [5.74, 6) is 0.144. The van der Waals surface area contributed by atoms with Crippen LogP contribution >= 0.6 is 0 Å². The van der Waals surface area contributed by atoms with Gasteiger partial charge < -0.3 is 19.0 Å². The Hall–Kier alpha value is -2.43. The summed E-state index contributed by atoms with van der Waals surface area (Å²) in [6.45, 7) is 5.15. The molecule has 0 amide bonds. The Morgan fingerprint density at radius 1 is 0.933 bits per heavy atom. The van der Waals surface area contributed by atoms with Crippen molar-refractivity contribution in [3.63, 3.8) is 0 Å². The Morgan fingerprint density at radius 3 is 2.40 bits per heavy atom. The monoisotopic (exact) mass is 416 g/mol. The van der Waals surface area contributed by atoms with Crippen LogP contribution in [0.15, 0.2) is 39.6 Å². The topological polar surface area (TPSA) is 68.9 Å². The molecule has 0 fully saturated rings. The van der Waals surface area contributed by atoms with Crippen LogP contribution in [0.25, 0.3) is 11.0 Å². The average molecular weight is 417 g/mol. The molecular formula is C25H36O5. The zero-order chi connectivity index (χ0) is 21.6. The molecule has 166 valence electrons. The summed E-state index contributed by atoms with van der Waals surface area (Å²) >= 11 is 0. The number of ether oxygens (including phenoxy) is 2. The van der Waals surface area contributed by atoms with Gasteiger partial charge in [-0.05, 0) is 31.4 Å². The van der Waals surface area contributed by atoms with E-state index < -0.39 is 5.63 Å². The maximum absolute atomic E-state index is 12.4. The van der Waals surface area contributed by atoms with Gasteiger partial charge in [-0.25, -0.2) is 4.79 Å². The summed E-state index contributed by atoms with van der Waals surface area (Å²) in [6.07, 6.45) is 15.3. The van der Waals surface area contributed by atoms with Crippen LogP contribution in [0.3, 0.4) is 0 Å². The fraction of sp³-hybridized carbons (Fsp3) is 0.560. The maximum atomic E-state index is 12.4. The van der Waals surface area contributed by atoms with Gasteiger partial charge in [-0.2, -0.15) is 0 Å². The second kappa shape index (κ2) is 13.7. The molecule has 0 aliphatic rings. The van der Waals surface area contributed by atoms with Gasteiger partial charge in [-0.3, -0.25) is 0 Å². The van der Waals surface area contributed by atoms with E-state index in [1.807, 2.05) is 0 Å². The highest BCUT2D eigenvalue weighted by Gasteiger charge is 2.18. The third kappa shape index (κ3) is 7.43. The Kier molecular flexibility index (Phi) is 10.9. The number of allylic oxidation sites excluding steroid dienone is 1. The van der Waals surface area contributed by atoms with Crippen molar-refractivity contribution in [3.05, 3.63) is 40.8 Å². The molecule has 0 saturated heterocycles. The lowest BCUT2D eigenvalue weighted by molar-refractivity contribution is 0.273. The summed E-state index contributed by atoms with van der Waals surface area (Å²) < 4.78 is 16.8. The third-order valence-electron chi connectivity index (χ3n) is 5.02. The second-order valence-corrected chi connectivity index (χ2v) is 7.54. The van der Waals surface area contributed by atoms with Gasteiger partial charge in [-0.1, -0.05) is 77.0 Å². The molecule has 1 aromatic carbocycles. The molecule has 0 unspecified atom stereocenters. The second-order valence-electron chi connectivity index (χ2n) is 7.54. The minimum Gasteiger partial charge on any atom is -0.504 e. The van der Waals surface area contributed by atoms with E-state index in [0.29, 0.717) is 24.3 Å². The summed E-state index contributed by atoms with van der Waals surface area (Å²) in [7, 11) is 0. The average Bonchev–Trinajstić information content (AvgIpc) is 2.74. The summed E-state index contributed by atoms with van der Waals surface area (Å²) in [4.78, 5) is 12.4. The van der Waals surface area contributed by atoms with Crippen LogP contribution in [-0.4, -0.2) is 18.3 Å². The molecule has 0 atom stereocenters. The summed E-state index contributed by atoms with van der Waals surface area (Å²) in [5, 5.41) is 11.0. The maximum Gasteiger partial charge on any atom is 0.383 e. The van der Waals surface area contributed by atoms with Crippen molar-refractivity contribution in [2.24, 2.45) is 0 Å². The molecule has 30 heavy (non-hydrogen) atoms. The van der Waals surface area contributed by atoms with Gasteiger partial charge in [0.2, 0.25) is 5.75 Å². The third-order valence-corrected chi connectivity index (χ3v) is 5.02. The van der Waals surface area contributed by atoms with Crippen LogP contribution in [0, 0.1) is 0 Å². The summed E-state index contributed by atoms with van der Waals surface area (Å²) in [5.41, 5.74) is -0.430. The van der Waals surface area contributed by atoms with Gasteiger partial charge in [-0.15, -0.1) is 0 Å². The predicted octanol–water partition coefficient (Wildman–Crippen LogP) is 6.75. The first-order valence-corrected chi connectivity index (χ1v) is 11.4. The molecule has 2 rings (SSSR count). The first kappa shape index (κ1) is 23.8. The zero-order valence-electron chi connectivity index (χ0n) is 18.5. The van der Waals surface area contributed by atoms with E-state index >= 15 is 0 Å². The molecule has 1 N–H and O–H groups in total. The molecule has 0 aliphatic heterocycles. The number of hydrogen-bond acceptors (Lipinski definition) is 5. The van der Waals surface area contributed by atoms with Gasteiger partial charge in [0, 0.05) is 0 Å². The lowest BCUT2D eigenvalue weighted by Gasteiger charge is -2.11. The minimum absolute atomic E-state index is 0.117. The lowest BCUT2D eigenvalue weighted by Crippen LogP contribution is -2.09. The predicted molar refractivity (Wildman–Crippen MR) is 122 cm³/mol. The van der Waals surface area contributed by atoms with E-state index in [1.165, 1.54) is 38.5 Å². The van der Waals surface area contributed by atoms with Crippen molar-refractivity contribution in [3.8, 4) is 17.2 Å². The van der Waals surface area contributed by atoms with Crippen molar-refractivity contribution in [2.75, 3.05) is 13.2 Å². The Labute approximate surface area is 179 Å². The van der Waals surface area contributed by atoms with Crippen LogP contribution in [0.1, 0.15) is 78.1 Å². The van der Waals surface area contributed by atoms with Crippen LogP contribution < -0.4 is 15.1 Å². The van der Waals surface area contributed by atoms with E-state index in [1.54, 1.807) is 18.2 Å². The minimum atomic E-state index is -0.679. The van der Waals surface area contributed by atoms with Crippen LogP contribution in [-0.2, 0) is 0 Å². The number of benzene rings is 1. The number of rotatable bonds is 15. The SMILES string of the molecule is CCC=CCCOc1cccc2c(O)c(OCCCCCCCCCC)c(=O)oc12. The Balaban J connectivity index is 1.91. The van der Waals surface area contributed by atoms with E-state index in [-0.39, 0.29) is 17.1 Å². The zero-order valence-corrected chi connectivity index (χ0v) is 18.5. The fourth-order valence-electron chi connectivity index (χ4n) is 3.34. The highest BCUT2D eigenvalue weighted by atomic mass is 16.5. The molecule has 0 bridgehead atoms. The van der Waals surface area contributed by atoms with E-state index in [4.69, 9.17) is 13.9 Å². The molecule has 5 heteroatoms. The van der Waals surface area contributed by atoms with Gasteiger partial charge in [0.15, 0.2) is 17.1 Å². The number of aromatic hydroxyl groups is 1. The molecule has 1 aromatic heterocycles.